The highest BCUT2D eigenvalue weighted by Gasteiger charge is 2.43. The fourth-order valence-corrected chi connectivity index (χ4v) is 4.01. The van der Waals surface area contributed by atoms with Gasteiger partial charge in [-0.3, -0.25) is 0 Å². The molecule has 0 aliphatic carbocycles. The van der Waals surface area contributed by atoms with Crippen LogP contribution in [0.1, 0.15) is 43.4 Å². The van der Waals surface area contributed by atoms with Gasteiger partial charge < -0.3 is 23.8 Å². The lowest BCUT2D eigenvalue weighted by Gasteiger charge is -2.28. The maximum Gasteiger partial charge on any atom is 0.331 e. The van der Waals surface area contributed by atoms with Gasteiger partial charge >= 0.3 is 5.97 Å². The van der Waals surface area contributed by atoms with Crippen molar-refractivity contribution in [2.24, 2.45) is 0 Å². The predicted molar refractivity (Wildman–Crippen MR) is 136 cm³/mol. The number of likely N-dealkylation sites (N-methyl/N-ethyl adjacent to an activating group) is 1. The van der Waals surface area contributed by atoms with E-state index in [0.29, 0.717) is 29.9 Å². The van der Waals surface area contributed by atoms with Crippen LogP contribution in [0, 0.1) is 18.3 Å². The summed E-state index contributed by atoms with van der Waals surface area (Å²) in [5.74, 6) is 1.35. The molecule has 0 fully saturated rings. The van der Waals surface area contributed by atoms with Crippen molar-refractivity contribution in [2.75, 3.05) is 41.5 Å². The summed E-state index contributed by atoms with van der Waals surface area (Å²) in [4.78, 5) is 15.4. The van der Waals surface area contributed by atoms with E-state index in [9.17, 15) is 10.1 Å². The monoisotopic (exact) mass is 482 g/mol. The van der Waals surface area contributed by atoms with Crippen LogP contribution in [-0.4, -0.2) is 58.4 Å². The van der Waals surface area contributed by atoms with Crippen LogP contribution >= 0.6 is 0 Å². The summed E-state index contributed by atoms with van der Waals surface area (Å²) in [6.07, 6.45) is 1.52. The first kappa shape index (κ1) is 28.0. The molecule has 1 unspecified atom stereocenters. The summed E-state index contributed by atoms with van der Waals surface area (Å²) < 4.78 is 21.7. The number of carbonyl (C=O) groups excluding carboxylic acids is 1. The van der Waals surface area contributed by atoms with E-state index in [4.69, 9.17) is 18.9 Å². The second-order valence-electron chi connectivity index (χ2n) is 9.00. The highest BCUT2D eigenvalue weighted by molar-refractivity contribution is 5.87. The molecule has 0 amide bonds. The average molecular weight is 483 g/mol. The quantitative estimate of drug-likeness (QED) is 0.383. The minimum atomic E-state index is -1.44. The van der Waals surface area contributed by atoms with Crippen molar-refractivity contribution < 1.29 is 23.7 Å². The van der Waals surface area contributed by atoms with Crippen molar-refractivity contribution in [3.8, 4) is 23.3 Å². The van der Waals surface area contributed by atoms with Crippen LogP contribution in [0.4, 0.5) is 0 Å². The van der Waals surface area contributed by atoms with Crippen LogP contribution in [0.2, 0.25) is 0 Å². The fourth-order valence-electron chi connectivity index (χ4n) is 4.01. The zero-order valence-electron chi connectivity index (χ0n) is 22.0. The molecule has 0 heterocycles. The Bertz CT molecular complexity index is 1030. The summed E-state index contributed by atoms with van der Waals surface area (Å²) in [6, 6.07) is 13.7. The van der Waals surface area contributed by atoms with Gasteiger partial charge in [-0.25, -0.2) is 4.79 Å². The van der Waals surface area contributed by atoms with Crippen molar-refractivity contribution in [1.29, 1.82) is 5.26 Å². The number of rotatable bonds is 13. The van der Waals surface area contributed by atoms with E-state index in [0.717, 1.165) is 30.8 Å². The third-order valence-electron chi connectivity index (χ3n) is 6.10. The number of nitrogens with zero attached hydrogens (tertiary/aromatic N) is 2. The van der Waals surface area contributed by atoms with Gasteiger partial charge in [0.05, 0.1) is 33.5 Å². The SMILES string of the molecule is COc1cc(CCN(C)CCCC(C#N)(C(=O)OC(C)C)c2ccc(OC)c(OC)c2)ccc1C. The number of nitriles is 1. The molecular weight excluding hydrogens is 444 g/mol. The molecule has 0 saturated carbocycles. The maximum atomic E-state index is 13.2. The number of ether oxygens (including phenoxy) is 4. The van der Waals surface area contributed by atoms with E-state index in [2.05, 4.69) is 29.2 Å². The van der Waals surface area contributed by atoms with E-state index in [-0.39, 0.29) is 6.10 Å². The standard InChI is InChI=1S/C28H38N2O5/c1-20(2)35-27(31)28(19-29,23-11-12-24(32-5)26(18-23)34-7)14-8-15-30(4)16-13-22-10-9-21(3)25(17-22)33-6/h9-12,17-18,20H,8,13-16H2,1-7H3. The van der Waals surface area contributed by atoms with Crippen molar-refractivity contribution in [3.63, 3.8) is 0 Å². The summed E-state index contributed by atoms with van der Waals surface area (Å²) in [5, 5.41) is 10.2. The predicted octanol–water partition coefficient (Wildman–Crippen LogP) is 4.69. The summed E-state index contributed by atoms with van der Waals surface area (Å²) in [7, 11) is 6.80. The van der Waals surface area contributed by atoms with E-state index >= 15 is 0 Å². The molecule has 0 aliphatic heterocycles. The molecule has 0 saturated heterocycles. The third-order valence-corrected chi connectivity index (χ3v) is 6.10. The number of aryl methyl sites for hydroxylation is 1. The summed E-state index contributed by atoms with van der Waals surface area (Å²) >= 11 is 0. The van der Waals surface area contributed by atoms with E-state index < -0.39 is 11.4 Å². The lowest BCUT2D eigenvalue weighted by Crippen LogP contribution is -2.38. The molecule has 0 aliphatic rings. The van der Waals surface area contributed by atoms with Crippen LogP contribution in [0.3, 0.4) is 0 Å². The molecule has 2 aromatic carbocycles. The lowest BCUT2D eigenvalue weighted by molar-refractivity contribution is -0.152. The Morgan fingerprint density at radius 2 is 1.69 bits per heavy atom. The first-order chi connectivity index (χ1) is 16.7. The van der Waals surface area contributed by atoms with Crippen molar-refractivity contribution in [3.05, 3.63) is 53.1 Å². The molecule has 0 N–H and O–H groups in total. The Morgan fingerprint density at radius 3 is 2.29 bits per heavy atom. The summed E-state index contributed by atoms with van der Waals surface area (Å²) in [5.41, 5.74) is 1.42. The lowest BCUT2D eigenvalue weighted by atomic mass is 9.77. The first-order valence-electron chi connectivity index (χ1n) is 11.9. The average Bonchev–Trinajstić information content (AvgIpc) is 2.85. The number of hydrogen-bond acceptors (Lipinski definition) is 7. The van der Waals surface area contributed by atoms with Gasteiger partial charge in [0.2, 0.25) is 0 Å². The van der Waals surface area contributed by atoms with Crippen LogP contribution in [0.5, 0.6) is 17.2 Å². The summed E-state index contributed by atoms with van der Waals surface area (Å²) in [6.45, 7) is 7.16. The van der Waals surface area contributed by atoms with Gasteiger partial charge in [0.1, 0.15) is 5.75 Å². The molecule has 0 spiro atoms. The van der Waals surface area contributed by atoms with Gasteiger partial charge in [-0.05, 0) is 88.5 Å². The number of methoxy groups -OCH3 is 3. The van der Waals surface area contributed by atoms with Crippen LogP contribution in [0.25, 0.3) is 0 Å². The Hall–Kier alpha value is -3.24. The smallest absolute Gasteiger partial charge is 0.331 e. The number of hydrogen-bond donors (Lipinski definition) is 0. The third kappa shape index (κ3) is 7.12. The van der Waals surface area contributed by atoms with Crippen LogP contribution in [0.15, 0.2) is 36.4 Å². The fraction of sp³-hybridized carbons (Fsp3) is 0.500. The molecule has 0 radical (unpaired) electrons. The zero-order valence-corrected chi connectivity index (χ0v) is 22.0. The Balaban J connectivity index is 2.14. The molecule has 0 aromatic heterocycles. The Labute approximate surface area is 209 Å². The minimum absolute atomic E-state index is 0.327. The molecule has 35 heavy (non-hydrogen) atoms. The van der Waals surface area contributed by atoms with E-state index in [1.54, 1.807) is 46.3 Å². The van der Waals surface area contributed by atoms with E-state index in [1.807, 2.05) is 14.0 Å². The first-order valence-corrected chi connectivity index (χ1v) is 11.9. The Kier molecular flexibility index (Phi) is 10.4. The van der Waals surface area contributed by atoms with E-state index in [1.165, 1.54) is 12.7 Å². The number of carbonyl (C=O) groups is 1. The van der Waals surface area contributed by atoms with Gasteiger partial charge in [0, 0.05) is 6.54 Å². The largest absolute Gasteiger partial charge is 0.496 e. The Morgan fingerprint density at radius 1 is 1.00 bits per heavy atom. The van der Waals surface area contributed by atoms with Gasteiger partial charge in [0.25, 0.3) is 0 Å². The minimum Gasteiger partial charge on any atom is -0.496 e. The molecule has 7 nitrogen and oxygen atoms in total. The maximum absolute atomic E-state index is 13.2. The van der Waals surface area contributed by atoms with Crippen molar-refractivity contribution in [2.45, 2.75) is 51.6 Å². The topological polar surface area (TPSA) is 81.0 Å². The molecule has 2 aromatic rings. The highest BCUT2D eigenvalue weighted by Crippen LogP contribution is 2.37. The molecule has 2 rings (SSSR count). The molecule has 0 bridgehead atoms. The van der Waals surface area contributed by atoms with Gasteiger partial charge in [-0.15, -0.1) is 0 Å². The zero-order chi connectivity index (χ0) is 26.0. The number of benzene rings is 2. The molecule has 7 heteroatoms. The van der Waals surface area contributed by atoms with Gasteiger partial charge in [-0.1, -0.05) is 18.2 Å². The molecule has 1 atom stereocenters. The second-order valence-corrected chi connectivity index (χ2v) is 9.00. The van der Waals surface area contributed by atoms with Crippen molar-refractivity contribution >= 4 is 5.97 Å². The number of esters is 1. The van der Waals surface area contributed by atoms with Gasteiger partial charge in [0.15, 0.2) is 16.9 Å². The molecule has 190 valence electrons. The van der Waals surface area contributed by atoms with Crippen molar-refractivity contribution in [1.82, 2.24) is 4.90 Å². The van der Waals surface area contributed by atoms with Crippen LogP contribution in [-0.2, 0) is 21.4 Å². The van der Waals surface area contributed by atoms with Gasteiger partial charge in [-0.2, -0.15) is 5.26 Å². The van der Waals surface area contributed by atoms with Crippen LogP contribution < -0.4 is 14.2 Å². The highest BCUT2D eigenvalue weighted by atomic mass is 16.5. The molecular formula is C28H38N2O5. The second kappa shape index (κ2) is 13.0. The normalized spacial score (nSPS) is 12.7.